The Balaban J connectivity index is -0.000000311. The summed E-state index contributed by atoms with van der Waals surface area (Å²) >= 11 is 3.47. The maximum Gasteiger partial charge on any atom is 1.00 e. The second kappa shape index (κ2) is 55.7. The predicted molar refractivity (Wildman–Crippen MR) is 473 cm³/mol. The zero-order valence-corrected chi connectivity index (χ0v) is 73.3. The molecule has 116 heavy (non-hydrogen) atoms. The molecule has 4 N–H and O–H groups in total. The van der Waals surface area contributed by atoms with Crippen LogP contribution in [-0.4, -0.2) is 93.0 Å². The number of methoxy groups -OCH3 is 1. The fourth-order valence-corrected chi connectivity index (χ4v) is 12.8. The van der Waals surface area contributed by atoms with E-state index >= 15 is 0 Å². The summed E-state index contributed by atoms with van der Waals surface area (Å²) in [6.45, 7) is 27.7. The summed E-state index contributed by atoms with van der Waals surface area (Å²) in [5, 5.41) is 52.7. The van der Waals surface area contributed by atoms with E-state index < -0.39 is 23.5 Å². The number of hydrogen-bond acceptors (Lipinski definition) is 11. The molecule has 18 nitrogen and oxygen atoms in total. The van der Waals surface area contributed by atoms with Crippen molar-refractivity contribution >= 4 is 131 Å². The maximum absolute atomic E-state index is 11.2. The van der Waals surface area contributed by atoms with Gasteiger partial charge in [0.05, 0.1) is 52.1 Å². The Bertz CT molecular complexity index is 5850. The number of aromatic amines is 3. The van der Waals surface area contributed by atoms with Crippen molar-refractivity contribution in [3.63, 3.8) is 0 Å². The summed E-state index contributed by atoms with van der Waals surface area (Å²) in [6.07, 6.45) is 0.763. The van der Waals surface area contributed by atoms with E-state index in [0.29, 0.717) is 23.6 Å². The molecule has 0 radical (unpaired) electrons. The summed E-state index contributed by atoms with van der Waals surface area (Å²) in [7, 11) is -0.250. The van der Waals surface area contributed by atoms with Gasteiger partial charge in [0.15, 0.2) is 17.4 Å². The molecule has 14 rings (SSSR count). The number of phenols is 1. The van der Waals surface area contributed by atoms with Crippen LogP contribution in [0.3, 0.4) is 0 Å². The van der Waals surface area contributed by atoms with Gasteiger partial charge in [-0.15, -0.1) is 0 Å². The number of carbonyl (C=O) groups is 1. The maximum atomic E-state index is 11.2. The molecule has 0 saturated heterocycles. The SMILES string of the molecule is C.C.C.CCn1c(C)c(C#N)c2ccc(C)cc21.CCn1c(CBr)c(C#N)c2ccc(C)cc21.CCn1c(COc2ccccc2)c(C#N)c2ccc(C)cc21.COC(=O)c1cc2ccc(C)cc2[nH]1.Cc1ccc2c(C#N)c(C)[nH]c2c1.Cc1ccc2cc(C)[nH]c2c1.O=C=NS(=O)(=O)Cl.Oc1ccccc1.[2H]CF.[2H]CF.[AlH3].[H-].[H-].[H-].[Li+].[Na+].[Na+]. The minimum Gasteiger partial charge on any atom is -1.00 e. The Morgan fingerprint density at radius 3 is 1.33 bits per heavy atom. The number of aryl methyl sites for hydroxylation is 11. The number of rotatable bonds is 9. The molecule has 0 aliphatic rings. The van der Waals surface area contributed by atoms with Crippen molar-refractivity contribution in [2.24, 2.45) is 4.40 Å². The van der Waals surface area contributed by atoms with Crippen LogP contribution in [-0.2, 0) is 50.3 Å². The van der Waals surface area contributed by atoms with Crippen LogP contribution >= 0.6 is 26.6 Å². The van der Waals surface area contributed by atoms with Crippen molar-refractivity contribution in [3.8, 4) is 35.8 Å². The van der Waals surface area contributed by atoms with Crippen molar-refractivity contribution in [1.82, 2.24) is 28.7 Å². The number of phenolic OH excluding ortho intramolecular Hbond substituents is 1. The molecule has 0 unspecified atom stereocenters. The normalized spacial score (nSPS) is 9.70. The van der Waals surface area contributed by atoms with Crippen molar-refractivity contribution in [2.75, 3.05) is 21.4 Å². The van der Waals surface area contributed by atoms with Gasteiger partial charge in [0.1, 0.15) is 48.1 Å². The largest absolute Gasteiger partial charge is 1.00 e. The smallest absolute Gasteiger partial charge is 1.00 e. The number of nitrogens with zero attached hydrogens (tertiary/aromatic N) is 8. The molecule has 0 amide bonds. The number of para-hydroxylation sites is 2. The van der Waals surface area contributed by atoms with Crippen molar-refractivity contribution in [3.05, 3.63) is 272 Å². The van der Waals surface area contributed by atoms with Gasteiger partial charge in [0.2, 0.25) is 0 Å². The number of isocyanates is 1. The quantitative estimate of drug-likeness (QED) is 0.0263. The number of H-pyrrole nitrogens is 3. The molecular weight excluding hydrogens is 1600 g/mol. The van der Waals surface area contributed by atoms with E-state index in [1.54, 1.807) is 30.3 Å². The summed E-state index contributed by atoms with van der Waals surface area (Å²) < 4.78 is 69.4. The zero-order chi connectivity index (χ0) is 82.1. The van der Waals surface area contributed by atoms with Crippen LogP contribution in [0.2, 0.25) is 0 Å². The van der Waals surface area contributed by atoms with Gasteiger partial charge >= 0.3 is 93.2 Å². The van der Waals surface area contributed by atoms with Crippen LogP contribution in [0, 0.1) is 108 Å². The summed E-state index contributed by atoms with van der Waals surface area (Å²) in [5.74, 6) is 0.803. The molecular formula is C89H107AlBrClF2LiN11Na2O7S. The van der Waals surface area contributed by atoms with Crippen molar-refractivity contribution in [1.29, 1.82) is 21.0 Å². The summed E-state index contributed by atoms with van der Waals surface area (Å²) in [4.78, 5) is 29.8. The van der Waals surface area contributed by atoms with Crippen LogP contribution in [0.4, 0.5) is 8.78 Å². The number of halogens is 4. The molecule has 6 heterocycles. The molecule has 0 aliphatic heterocycles. The number of aromatic nitrogens is 6. The Morgan fingerprint density at radius 2 is 0.931 bits per heavy atom. The third-order valence-electron chi connectivity index (χ3n) is 16.9. The fraction of sp³-hybridized carbons (Fsp3) is 0.258. The molecule has 0 saturated carbocycles. The molecule has 0 bridgehead atoms. The summed E-state index contributed by atoms with van der Waals surface area (Å²) in [5.41, 5.74) is 22.9. The van der Waals surface area contributed by atoms with Crippen molar-refractivity contribution in [2.45, 2.75) is 137 Å². The number of esters is 1. The van der Waals surface area contributed by atoms with E-state index in [1.165, 1.54) is 57.0 Å². The standard InChI is InChI=1S/C19H18N2O.C13H13BrN2.C13H14N2.C11H10N2.C11H11NO2.C10H11N.C6H6O.CClNO3S.2CH3F.3CH4.Al.Li.2Na.6H/c1-3-21-18-11-14(2)9-10-16(18)17(12-20)19(21)13-22-15-7-5-4-6-8-15;1-3-16-12-6-9(2)4-5-10(12)11(8-15)13(16)7-14;1-4-15-10(3)12(8-14)11-6-5-9(2)7-13(11)15;1-7-3-4-9-10(6-12)8(2)13-11(9)5-7;1-7-3-4-8-6-10(11(13)14-2)12-9(8)5-7;1-7-3-4-9-6-8(2)11-10(9)5-7;7-6-4-2-1-3-5-6;2-7(5,6)3-1-4;2*1-2;;;;;;;;;;;;;/h4-11H,3,13H2,1-2H3;4-6H,3,7H2,1-2H3;5-7H,4H2,1-3H3;3-5,13H,1-2H3;3-6,12H,1-2H3;3-6,11H,1-2H3;1-5,7H;;2*1H3;3*1H4;;;;;;;;;;/q;;;;;;;;;;;;;;3*+1;;;;3*-1/i;;;;;;;;2*1D;;;;;;;;;;;;;. The number of benzene rings is 8. The molecule has 0 aliphatic carbocycles. The van der Waals surface area contributed by atoms with E-state index in [9.17, 15) is 32.5 Å². The Hall–Kier alpha value is -8.88. The monoisotopic (exact) mass is 1710 g/mol. The molecule has 0 spiro atoms. The average Bonchev–Trinajstić information content (AvgIpc) is 1.64. The van der Waals surface area contributed by atoms with E-state index in [4.69, 9.17) is 27.9 Å². The van der Waals surface area contributed by atoms with Gasteiger partial charge in [-0.2, -0.15) is 29.5 Å². The van der Waals surface area contributed by atoms with Crippen LogP contribution in [0.25, 0.3) is 65.4 Å². The molecule has 0 atom stereocenters. The number of hydrogen-bond donors (Lipinski definition) is 4. The number of nitrogens with one attached hydrogen (secondary N) is 3. The second-order valence-electron chi connectivity index (χ2n) is 24.5. The average molecular weight is 1710 g/mol. The van der Waals surface area contributed by atoms with Crippen LogP contribution in [0.1, 0.15) is 145 Å². The Morgan fingerprint density at radius 1 is 0.552 bits per heavy atom. The predicted octanol–water partition coefficient (Wildman–Crippen LogP) is 13.5. The number of aromatic hydroxyl groups is 1. The first kappa shape index (κ1) is 107. The minimum atomic E-state index is -4.00. The minimum absolute atomic E-state index is 0. The van der Waals surface area contributed by atoms with Gasteiger partial charge in [0.25, 0.3) is 6.08 Å². The van der Waals surface area contributed by atoms with Gasteiger partial charge in [-0.05, 0) is 195 Å². The number of fused-ring (bicyclic) bond motifs is 6. The van der Waals surface area contributed by atoms with Crippen LogP contribution in [0.5, 0.6) is 11.5 Å². The van der Waals surface area contributed by atoms with E-state index in [0.717, 1.165) is 131 Å². The van der Waals surface area contributed by atoms with Gasteiger partial charge in [-0.25, -0.2) is 9.59 Å². The first-order valence-corrected chi connectivity index (χ1v) is 37.5. The molecule has 8 aromatic carbocycles. The molecule has 27 heteroatoms. The van der Waals surface area contributed by atoms with Crippen LogP contribution in [0.15, 0.2) is 186 Å². The molecule has 14 aromatic rings. The topological polar surface area (TPSA) is 277 Å². The van der Waals surface area contributed by atoms with Gasteiger partial charge < -0.3 is 47.5 Å². The van der Waals surface area contributed by atoms with E-state index in [2.05, 4.69) is 205 Å². The number of alkyl halides is 3. The van der Waals surface area contributed by atoms with Crippen molar-refractivity contribution < 1.29 is 126 Å². The number of nitriles is 4. The molecule has 6 aromatic heterocycles. The third-order valence-corrected chi connectivity index (χ3v) is 17.9. The second-order valence-corrected chi connectivity index (χ2v) is 27.2. The Labute approximate surface area is 769 Å². The van der Waals surface area contributed by atoms with E-state index in [-0.39, 0.29) is 128 Å². The third kappa shape index (κ3) is 30.9. The first-order chi connectivity index (χ1) is 53.1. The Kier molecular flexibility index (Phi) is 51.4. The zero-order valence-electron chi connectivity index (χ0n) is 71.2. The van der Waals surface area contributed by atoms with E-state index in [1.807, 2.05) is 119 Å². The van der Waals surface area contributed by atoms with Gasteiger partial charge in [-0.1, -0.05) is 152 Å². The van der Waals surface area contributed by atoms with Crippen LogP contribution < -0.4 is 82.7 Å². The number of carbonyl (C=O) groups excluding carboxylic acids is 2. The van der Waals surface area contributed by atoms with Gasteiger partial charge in [0, 0.05) is 118 Å². The molecule has 600 valence electrons. The first-order valence-electron chi connectivity index (χ1n) is 35.5. The summed E-state index contributed by atoms with van der Waals surface area (Å²) in [6, 6.07) is 68.7. The van der Waals surface area contributed by atoms with Gasteiger partial charge in [-0.3, -0.25) is 8.78 Å². The number of ether oxygens (including phenoxy) is 2. The fourth-order valence-electron chi connectivity index (χ4n) is 12.0. The molecule has 0 fully saturated rings.